The molecule has 1 aliphatic heterocycles. The molecule has 0 unspecified atom stereocenters. The highest BCUT2D eigenvalue weighted by molar-refractivity contribution is 5.91. The molecular formula is C22H28N2O2. The van der Waals surface area contributed by atoms with Gasteiger partial charge in [-0.3, -0.25) is 9.88 Å². The summed E-state index contributed by atoms with van der Waals surface area (Å²) in [5.41, 5.74) is 4.13. The first-order valence-corrected chi connectivity index (χ1v) is 9.18. The number of hydrogen-bond donors (Lipinski definition) is 0. The minimum absolute atomic E-state index is 0.0868. The molecule has 4 heteroatoms. The molecule has 1 amide bonds. The molecule has 0 aliphatic carbocycles. The largest absolute Gasteiger partial charge is 0.443 e. The number of benzene rings is 1. The van der Waals surface area contributed by atoms with Crippen LogP contribution >= 0.6 is 0 Å². The van der Waals surface area contributed by atoms with Crippen LogP contribution in [0.5, 0.6) is 0 Å². The molecule has 0 N–H and O–H groups in total. The van der Waals surface area contributed by atoms with E-state index in [-0.39, 0.29) is 11.5 Å². The third-order valence-electron chi connectivity index (χ3n) is 4.67. The summed E-state index contributed by atoms with van der Waals surface area (Å²) in [6.07, 6.45) is 5.37. The van der Waals surface area contributed by atoms with Crippen LogP contribution in [0.15, 0.2) is 42.7 Å². The second kappa shape index (κ2) is 6.75. The van der Waals surface area contributed by atoms with Crippen molar-refractivity contribution in [2.75, 3.05) is 11.4 Å². The van der Waals surface area contributed by atoms with Crippen LogP contribution < -0.4 is 4.90 Å². The minimum atomic E-state index is -0.492. The number of fused-ring (bicyclic) bond motifs is 1. The van der Waals surface area contributed by atoms with Crippen molar-refractivity contribution in [3.63, 3.8) is 0 Å². The van der Waals surface area contributed by atoms with Crippen LogP contribution in [0.1, 0.15) is 51.3 Å². The zero-order chi connectivity index (χ0) is 18.9. The normalized spacial score (nSPS) is 15.7. The van der Waals surface area contributed by atoms with Crippen molar-refractivity contribution in [2.24, 2.45) is 0 Å². The van der Waals surface area contributed by atoms with Crippen molar-refractivity contribution in [3.8, 4) is 0 Å². The van der Waals surface area contributed by atoms with Gasteiger partial charge in [0.2, 0.25) is 0 Å². The van der Waals surface area contributed by atoms with Gasteiger partial charge in [-0.1, -0.05) is 32.0 Å². The molecule has 3 rings (SSSR count). The number of rotatable bonds is 3. The SMILES string of the molecule is CC(C)(C)OC(=O)N1CC(C)(C)c2cc(CCc3cccnc3)ccc21. The number of hydrogen-bond acceptors (Lipinski definition) is 3. The first kappa shape index (κ1) is 18.4. The fourth-order valence-corrected chi connectivity index (χ4v) is 3.40. The molecule has 0 atom stereocenters. The van der Waals surface area contributed by atoms with E-state index >= 15 is 0 Å². The smallest absolute Gasteiger partial charge is 0.414 e. The number of amides is 1. The predicted octanol–water partition coefficient (Wildman–Crippen LogP) is 4.90. The summed E-state index contributed by atoms with van der Waals surface area (Å²) in [4.78, 5) is 18.6. The standard InChI is InChI=1S/C22H28N2O2/c1-21(2,3)26-20(25)24-15-22(4,5)18-13-16(10-11-19(18)24)8-9-17-7-6-12-23-14-17/h6-7,10-14H,8-9,15H2,1-5H3. The molecule has 1 aliphatic rings. The molecule has 1 aromatic heterocycles. The molecule has 0 saturated heterocycles. The fourth-order valence-electron chi connectivity index (χ4n) is 3.40. The molecule has 0 fully saturated rings. The number of carbonyl (C=O) groups is 1. The number of aromatic nitrogens is 1. The summed E-state index contributed by atoms with van der Waals surface area (Å²) < 4.78 is 5.59. The molecule has 0 spiro atoms. The van der Waals surface area contributed by atoms with E-state index in [9.17, 15) is 4.79 Å². The van der Waals surface area contributed by atoms with Crippen LogP contribution in [0.3, 0.4) is 0 Å². The van der Waals surface area contributed by atoms with Crippen LogP contribution in [0.25, 0.3) is 0 Å². The lowest BCUT2D eigenvalue weighted by atomic mass is 9.85. The van der Waals surface area contributed by atoms with Gasteiger partial charge < -0.3 is 4.74 Å². The molecule has 138 valence electrons. The highest BCUT2D eigenvalue weighted by Gasteiger charge is 2.39. The predicted molar refractivity (Wildman–Crippen MR) is 105 cm³/mol. The maximum Gasteiger partial charge on any atom is 0.414 e. The van der Waals surface area contributed by atoms with Gasteiger partial charge in [-0.25, -0.2) is 4.79 Å². The summed E-state index contributed by atoms with van der Waals surface area (Å²) in [5.74, 6) is 0. The second-order valence-electron chi connectivity index (χ2n) is 8.66. The van der Waals surface area contributed by atoms with Gasteiger partial charge >= 0.3 is 6.09 Å². The van der Waals surface area contributed by atoms with E-state index in [1.807, 2.05) is 33.0 Å². The van der Waals surface area contributed by atoms with Crippen LogP contribution in [0.4, 0.5) is 10.5 Å². The van der Waals surface area contributed by atoms with E-state index in [2.05, 4.69) is 43.1 Å². The first-order chi connectivity index (χ1) is 12.2. The van der Waals surface area contributed by atoms with Crippen molar-refractivity contribution < 1.29 is 9.53 Å². The van der Waals surface area contributed by atoms with Gasteiger partial charge in [0.1, 0.15) is 5.60 Å². The lowest BCUT2D eigenvalue weighted by molar-refractivity contribution is 0.0579. The third-order valence-corrected chi connectivity index (χ3v) is 4.67. The highest BCUT2D eigenvalue weighted by atomic mass is 16.6. The van der Waals surface area contributed by atoms with Crippen molar-refractivity contribution in [2.45, 2.75) is 58.5 Å². The van der Waals surface area contributed by atoms with Gasteiger partial charge in [0.25, 0.3) is 0 Å². The molecule has 4 nitrogen and oxygen atoms in total. The van der Waals surface area contributed by atoms with E-state index in [1.165, 1.54) is 16.7 Å². The number of pyridine rings is 1. The maximum atomic E-state index is 12.6. The summed E-state index contributed by atoms with van der Waals surface area (Å²) in [5, 5.41) is 0. The van der Waals surface area contributed by atoms with E-state index in [4.69, 9.17) is 4.74 Å². The van der Waals surface area contributed by atoms with Crippen molar-refractivity contribution >= 4 is 11.8 Å². The molecule has 0 saturated carbocycles. The Morgan fingerprint density at radius 2 is 1.92 bits per heavy atom. The van der Waals surface area contributed by atoms with Crippen molar-refractivity contribution in [3.05, 3.63) is 59.4 Å². The number of aryl methyl sites for hydroxylation is 2. The molecular weight excluding hydrogens is 324 g/mol. The minimum Gasteiger partial charge on any atom is -0.443 e. The quantitative estimate of drug-likeness (QED) is 0.789. The maximum absolute atomic E-state index is 12.6. The third kappa shape index (κ3) is 4.06. The Morgan fingerprint density at radius 3 is 2.58 bits per heavy atom. The molecule has 1 aromatic carbocycles. The van der Waals surface area contributed by atoms with Gasteiger partial charge in [-0.2, -0.15) is 0 Å². The summed E-state index contributed by atoms with van der Waals surface area (Å²) in [6.45, 7) is 10.7. The second-order valence-corrected chi connectivity index (χ2v) is 8.66. The van der Waals surface area contributed by atoms with Crippen molar-refractivity contribution in [1.82, 2.24) is 4.98 Å². The molecule has 26 heavy (non-hydrogen) atoms. The van der Waals surface area contributed by atoms with Gasteiger partial charge in [0, 0.05) is 24.4 Å². The van der Waals surface area contributed by atoms with Crippen LogP contribution in [0, 0.1) is 0 Å². The zero-order valence-corrected chi connectivity index (χ0v) is 16.4. The summed E-state index contributed by atoms with van der Waals surface area (Å²) in [6, 6.07) is 10.5. The fraction of sp³-hybridized carbons (Fsp3) is 0.455. The number of carbonyl (C=O) groups excluding carboxylic acids is 1. The van der Waals surface area contributed by atoms with Crippen LogP contribution in [-0.2, 0) is 23.0 Å². The zero-order valence-electron chi connectivity index (χ0n) is 16.4. The Hall–Kier alpha value is -2.36. The topological polar surface area (TPSA) is 42.4 Å². The van der Waals surface area contributed by atoms with Gasteiger partial charge in [-0.15, -0.1) is 0 Å². The molecule has 0 bridgehead atoms. The molecule has 0 radical (unpaired) electrons. The lowest BCUT2D eigenvalue weighted by Crippen LogP contribution is -2.38. The highest BCUT2D eigenvalue weighted by Crippen LogP contribution is 2.41. The van der Waals surface area contributed by atoms with Gasteiger partial charge in [0.05, 0.1) is 5.69 Å². The van der Waals surface area contributed by atoms with E-state index in [1.54, 1.807) is 11.1 Å². The Balaban J connectivity index is 1.80. The molecule has 2 aromatic rings. The van der Waals surface area contributed by atoms with Crippen LogP contribution in [-0.4, -0.2) is 23.2 Å². The van der Waals surface area contributed by atoms with E-state index < -0.39 is 5.60 Å². The first-order valence-electron chi connectivity index (χ1n) is 9.18. The average Bonchev–Trinajstić information content (AvgIpc) is 2.84. The average molecular weight is 352 g/mol. The Morgan fingerprint density at radius 1 is 1.19 bits per heavy atom. The van der Waals surface area contributed by atoms with Gasteiger partial charge in [-0.05, 0) is 62.4 Å². The monoisotopic (exact) mass is 352 g/mol. The number of nitrogens with zero attached hydrogens (tertiary/aromatic N) is 2. The Bertz CT molecular complexity index is 792. The van der Waals surface area contributed by atoms with E-state index in [0.29, 0.717) is 6.54 Å². The lowest BCUT2D eigenvalue weighted by Gasteiger charge is -2.25. The Kier molecular flexibility index (Phi) is 4.78. The number of anilines is 1. The molecule has 2 heterocycles. The number of ether oxygens (including phenoxy) is 1. The summed E-state index contributed by atoms with van der Waals surface area (Å²) >= 11 is 0. The summed E-state index contributed by atoms with van der Waals surface area (Å²) in [7, 11) is 0. The Labute approximate surface area is 156 Å². The van der Waals surface area contributed by atoms with E-state index in [0.717, 1.165) is 18.5 Å². The van der Waals surface area contributed by atoms with Crippen molar-refractivity contribution in [1.29, 1.82) is 0 Å². The van der Waals surface area contributed by atoms with Crippen LogP contribution in [0.2, 0.25) is 0 Å². The van der Waals surface area contributed by atoms with Gasteiger partial charge in [0.15, 0.2) is 0 Å².